The molecule has 0 spiro atoms. The smallest absolute Gasteiger partial charge is 0.242 e. The molecule has 1 fully saturated rings. The molecular weight excluding hydrogens is 224 g/mol. The van der Waals surface area contributed by atoms with Gasteiger partial charge >= 0.3 is 0 Å². The monoisotopic (exact) mass is 246 g/mol. The summed E-state index contributed by atoms with van der Waals surface area (Å²) in [6.07, 6.45) is 2.71. The van der Waals surface area contributed by atoms with E-state index in [1.807, 2.05) is 7.05 Å². The Hall–Kier alpha value is -1.35. The van der Waals surface area contributed by atoms with Gasteiger partial charge in [-0.3, -0.25) is 4.79 Å². The average molecular weight is 246 g/mol. The summed E-state index contributed by atoms with van der Waals surface area (Å²) in [6.45, 7) is 4.81. The summed E-state index contributed by atoms with van der Waals surface area (Å²) < 4.78 is 0. The van der Waals surface area contributed by atoms with Gasteiger partial charge in [0.05, 0.1) is 5.54 Å². The van der Waals surface area contributed by atoms with E-state index in [1.165, 1.54) is 16.7 Å². The number of hydrogen-bond acceptors (Lipinski definition) is 2. The highest BCUT2D eigenvalue weighted by Crippen LogP contribution is 2.31. The molecule has 0 aliphatic heterocycles. The van der Waals surface area contributed by atoms with E-state index in [2.05, 4.69) is 32.0 Å². The highest BCUT2D eigenvalue weighted by molar-refractivity contribution is 5.86. The number of carbonyl (C=O) groups is 1. The quantitative estimate of drug-likeness (QED) is 0.888. The predicted octanol–water partition coefficient (Wildman–Crippen LogP) is 2.14. The van der Waals surface area contributed by atoms with Gasteiger partial charge in [0.25, 0.3) is 0 Å². The Morgan fingerprint density at radius 1 is 1.39 bits per heavy atom. The van der Waals surface area contributed by atoms with Crippen molar-refractivity contribution in [2.45, 2.75) is 45.2 Å². The first kappa shape index (κ1) is 13.1. The van der Waals surface area contributed by atoms with Crippen molar-refractivity contribution in [2.75, 3.05) is 7.05 Å². The molecule has 0 aromatic heterocycles. The van der Waals surface area contributed by atoms with Gasteiger partial charge in [0.2, 0.25) is 5.91 Å². The standard InChI is InChI=1S/C15H22N2O/c1-11-5-6-13(12(2)9-11)10-17(3)14(18)15(16)7-4-8-15/h5-6,9H,4,7-8,10,16H2,1-3H3. The number of likely N-dealkylation sites (N-methyl/N-ethyl adjacent to an activating group) is 1. The summed E-state index contributed by atoms with van der Waals surface area (Å²) in [7, 11) is 1.84. The van der Waals surface area contributed by atoms with Crippen LogP contribution in [0.5, 0.6) is 0 Å². The van der Waals surface area contributed by atoms with Crippen LogP contribution in [-0.4, -0.2) is 23.4 Å². The first-order valence-electron chi connectivity index (χ1n) is 6.53. The fourth-order valence-electron chi connectivity index (χ4n) is 2.50. The van der Waals surface area contributed by atoms with Gasteiger partial charge in [-0.25, -0.2) is 0 Å². The van der Waals surface area contributed by atoms with Crippen molar-refractivity contribution in [3.05, 3.63) is 34.9 Å². The summed E-state index contributed by atoms with van der Waals surface area (Å²) in [5, 5.41) is 0. The van der Waals surface area contributed by atoms with Crippen LogP contribution < -0.4 is 5.73 Å². The lowest BCUT2D eigenvalue weighted by molar-refractivity contribution is -0.139. The molecule has 0 unspecified atom stereocenters. The summed E-state index contributed by atoms with van der Waals surface area (Å²) in [5.74, 6) is 0.0775. The van der Waals surface area contributed by atoms with Crippen LogP contribution in [-0.2, 0) is 11.3 Å². The molecule has 2 rings (SSSR count). The summed E-state index contributed by atoms with van der Waals surface area (Å²) in [4.78, 5) is 14.0. The normalized spacial score (nSPS) is 17.1. The molecule has 1 saturated carbocycles. The van der Waals surface area contributed by atoms with Crippen molar-refractivity contribution in [3.63, 3.8) is 0 Å². The second-order valence-corrected chi connectivity index (χ2v) is 5.60. The number of nitrogens with zero attached hydrogens (tertiary/aromatic N) is 1. The van der Waals surface area contributed by atoms with Crippen molar-refractivity contribution in [1.82, 2.24) is 4.90 Å². The zero-order valence-electron chi connectivity index (χ0n) is 11.5. The molecule has 98 valence electrons. The second kappa shape index (κ2) is 4.73. The van der Waals surface area contributed by atoms with Crippen LogP contribution in [0, 0.1) is 13.8 Å². The van der Waals surface area contributed by atoms with Gasteiger partial charge in [-0.15, -0.1) is 0 Å². The van der Waals surface area contributed by atoms with Crippen molar-refractivity contribution in [1.29, 1.82) is 0 Å². The third kappa shape index (κ3) is 2.41. The highest BCUT2D eigenvalue weighted by atomic mass is 16.2. The minimum absolute atomic E-state index is 0.0775. The van der Waals surface area contributed by atoms with Crippen LogP contribution in [0.3, 0.4) is 0 Å². The van der Waals surface area contributed by atoms with Gasteiger partial charge in [-0.05, 0) is 44.2 Å². The van der Waals surface area contributed by atoms with Crippen LogP contribution in [0.15, 0.2) is 18.2 Å². The van der Waals surface area contributed by atoms with E-state index in [-0.39, 0.29) is 5.91 Å². The highest BCUT2D eigenvalue weighted by Gasteiger charge is 2.41. The molecule has 2 N–H and O–H groups in total. The molecule has 0 heterocycles. The number of amides is 1. The molecule has 1 aliphatic carbocycles. The molecule has 3 heteroatoms. The van der Waals surface area contributed by atoms with E-state index in [4.69, 9.17) is 5.73 Å². The first-order chi connectivity index (χ1) is 8.42. The number of carbonyl (C=O) groups excluding carboxylic acids is 1. The van der Waals surface area contributed by atoms with Crippen LogP contribution in [0.2, 0.25) is 0 Å². The number of nitrogens with two attached hydrogens (primary N) is 1. The third-order valence-electron chi connectivity index (χ3n) is 3.92. The van der Waals surface area contributed by atoms with Gasteiger partial charge < -0.3 is 10.6 Å². The predicted molar refractivity (Wildman–Crippen MR) is 73.2 cm³/mol. The van der Waals surface area contributed by atoms with Crippen LogP contribution in [0.25, 0.3) is 0 Å². The number of hydrogen-bond donors (Lipinski definition) is 1. The Labute approximate surface area is 109 Å². The molecule has 0 atom stereocenters. The summed E-state index contributed by atoms with van der Waals surface area (Å²) in [5.41, 5.74) is 9.16. The van der Waals surface area contributed by atoms with E-state index in [0.29, 0.717) is 6.54 Å². The lowest BCUT2D eigenvalue weighted by atomic mass is 9.76. The topological polar surface area (TPSA) is 46.3 Å². The van der Waals surface area contributed by atoms with E-state index >= 15 is 0 Å². The molecular formula is C15H22N2O. The molecule has 0 saturated heterocycles. The van der Waals surface area contributed by atoms with E-state index < -0.39 is 5.54 Å². The molecule has 0 radical (unpaired) electrons. The Morgan fingerprint density at radius 2 is 2.06 bits per heavy atom. The molecule has 0 bridgehead atoms. The Bertz CT molecular complexity index is 464. The van der Waals surface area contributed by atoms with Crippen LogP contribution >= 0.6 is 0 Å². The maximum atomic E-state index is 12.2. The Balaban J connectivity index is 2.06. The largest absolute Gasteiger partial charge is 0.340 e. The number of aryl methyl sites for hydroxylation is 2. The van der Waals surface area contributed by atoms with Gasteiger partial charge in [0.15, 0.2) is 0 Å². The number of benzene rings is 1. The zero-order valence-corrected chi connectivity index (χ0v) is 11.5. The fraction of sp³-hybridized carbons (Fsp3) is 0.533. The van der Waals surface area contributed by atoms with Gasteiger partial charge in [0, 0.05) is 13.6 Å². The lowest BCUT2D eigenvalue weighted by Gasteiger charge is -2.39. The maximum Gasteiger partial charge on any atom is 0.242 e. The van der Waals surface area contributed by atoms with Gasteiger partial charge in [-0.1, -0.05) is 23.8 Å². The Morgan fingerprint density at radius 3 is 2.56 bits per heavy atom. The maximum absolute atomic E-state index is 12.2. The zero-order chi connectivity index (χ0) is 13.3. The number of rotatable bonds is 3. The van der Waals surface area contributed by atoms with E-state index in [9.17, 15) is 4.79 Å². The van der Waals surface area contributed by atoms with Crippen molar-refractivity contribution in [3.8, 4) is 0 Å². The van der Waals surface area contributed by atoms with Crippen LogP contribution in [0.1, 0.15) is 36.0 Å². The van der Waals surface area contributed by atoms with E-state index in [1.54, 1.807) is 4.90 Å². The molecule has 1 amide bonds. The second-order valence-electron chi connectivity index (χ2n) is 5.60. The van der Waals surface area contributed by atoms with E-state index in [0.717, 1.165) is 19.3 Å². The molecule has 18 heavy (non-hydrogen) atoms. The lowest BCUT2D eigenvalue weighted by Crippen LogP contribution is -2.58. The third-order valence-corrected chi connectivity index (χ3v) is 3.92. The van der Waals surface area contributed by atoms with Gasteiger partial charge in [0.1, 0.15) is 0 Å². The minimum atomic E-state index is -0.590. The molecule has 1 aliphatic rings. The average Bonchev–Trinajstić information content (AvgIpc) is 2.28. The first-order valence-corrected chi connectivity index (χ1v) is 6.53. The minimum Gasteiger partial charge on any atom is -0.340 e. The summed E-state index contributed by atoms with van der Waals surface area (Å²) in [6, 6.07) is 6.33. The molecule has 3 nitrogen and oxygen atoms in total. The SMILES string of the molecule is Cc1ccc(CN(C)C(=O)C2(N)CCC2)c(C)c1. The fourth-order valence-corrected chi connectivity index (χ4v) is 2.50. The van der Waals surface area contributed by atoms with Crippen molar-refractivity contribution >= 4 is 5.91 Å². The molecule has 1 aromatic rings. The Kier molecular flexibility index (Phi) is 3.44. The molecule has 1 aromatic carbocycles. The van der Waals surface area contributed by atoms with Crippen molar-refractivity contribution in [2.24, 2.45) is 5.73 Å². The summed E-state index contributed by atoms with van der Waals surface area (Å²) >= 11 is 0. The van der Waals surface area contributed by atoms with Gasteiger partial charge in [-0.2, -0.15) is 0 Å². The van der Waals surface area contributed by atoms with Crippen LogP contribution in [0.4, 0.5) is 0 Å². The van der Waals surface area contributed by atoms with Crippen molar-refractivity contribution < 1.29 is 4.79 Å².